The summed E-state index contributed by atoms with van der Waals surface area (Å²) in [6.07, 6.45) is 2.29. The van der Waals surface area contributed by atoms with Crippen molar-refractivity contribution in [2.75, 3.05) is 19.7 Å². The number of nitrogens with one attached hydrogen (secondary N) is 1. The molecule has 5 nitrogen and oxygen atoms in total. The lowest BCUT2D eigenvalue weighted by atomic mass is 10.0. The Morgan fingerprint density at radius 1 is 1.04 bits per heavy atom. The number of aliphatic hydroxyl groups is 1. The first-order chi connectivity index (χ1) is 13.2. The molecule has 2 aromatic carbocycles. The molecule has 27 heavy (non-hydrogen) atoms. The molecule has 0 bridgehead atoms. The van der Waals surface area contributed by atoms with Crippen molar-refractivity contribution in [3.05, 3.63) is 71.8 Å². The van der Waals surface area contributed by atoms with Crippen molar-refractivity contribution in [2.24, 2.45) is 0 Å². The predicted molar refractivity (Wildman–Crippen MR) is 105 cm³/mol. The molecule has 1 aliphatic rings. The van der Waals surface area contributed by atoms with Crippen LogP contribution in [-0.2, 0) is 17.8 Å². The van der Waals surface area contributed by atoms with Gasteiger partial charge in [0, 0.05) is 25.2 Å². The Hall–Kier alpha value is -2.37. The van der Waals surface area contributed by atoms with Crippen LogP contribution in [0.2, 0.25) is 0 Å². The largest absolute Gasteiger partial charge is 0.445 e. The van der Waals surface area contributed by atoms with Gasteiger partial charge in [0.15, 0.2) is 0 Å². The number of ether oxygens (including phenoxy) is 1. The van der Waals surface area contributed by atoms with Crippen LogP contribution in [0.3, 0.4) is 0 Å². The molecule has 0 radical (unpaired) electrons. The summed E-state index contributed by atoms with van der Waals surface area (Å²) in [5.74, 6) is 0. The molecule has 144 valence electrons. The molecule has 1 heterocycles. The van der Waals surface area contributed by atoms with Crippen molar-refractivity contribution in [3.63, 3.8) is 0 Å². The zero-order valence-corrected chi connectivity index (χ0v) is 15.6. The van der Waals surface area contributed by atoms with E-state index in [2.05, 4.69) is 17.4 Å². The lowest BCUT2D eigenvalue weighted by molar-refractivity contribution is 0.0834. The lowest BCUT2D eigenvalue weighted by Gasteiger charge is -2.33. The van der Waals surface area contributed by atoms with E-state index in [1.165, 1.54) is 5.56 Å². The van der Waals surface area contributed by atoms with Crippen LogP contribution >= 0.6 is 0 Å². The Morgan fingerprint density at radius 2 is 1.63 bits per heavy atom. The van der Waals surface area contributed by atoms with Crippen LogP contribution in [0.4, 0.5) is 4.79 Å². The molecule has 5 heteroatoms. The third-order valence-corrected chi connectivity index (χ3v) is 4.98. The van der Waals surface area contributed by atoms with Crippen molar-refractivity contribution in [2.45, 2.75) is 38.0 Å². The summed E-state index contributed by atoms with van der Waals surface area (Å²) in [6, 6.07) is 20.3. The summed E-state index contributed by atoms with van der Waals surface area (Å²) in [5, 5.41) is 13.2. The maximum absolute atomic E-state index is 12.2. The third kappa shape index (κ3) is 6.08. The van der Waals surface area contributed by atoms with Gasteiger partial charge in [0.25, 0.3) is 0 Å². The van der Waals surface area contributed by atoms with Crippen molar-refractivity contribution in [1.29, 1.82) is 0 Å². The van der Waals surface area contributed by atoms with Crippen LogP contribution in [0.15, 0.2) is 60.7 Å². The molecule has 0 aliphatic carbocycles. The highest BCUT2D eigenvalue weighted by molar-refractivity contribution is 5.67. The third-order valence-electron chi connectivity index (χ3n) is 4.98. The number of rotatable bonds is 7. The quantitative estimate of drug-likeness (QED) is 0.789. The first kappa shape index (κ1) is 19.4. The molecule has 1 fully saturated rings. The zero-order chi connectivity index (χ0) is 18.9. The SMILES string of the molecule is O=C(OCc1ccccc1)N1CCC(NC(CO)Cc2ccccc2)CC1. The number of likely N-dealkylation sites (tertiary alicyclic amines) is 1. The standard InChI is InChI=1S/C22H28N2O3/c25-16-21(15-18-7-3-1-4-8-18)23-20-11-13-24(14-12-20)22(26)27-17-19-9-5-2-6-10-19/h1-10,20-21,23,25H,11-17H2. The molecule has 2 aromatic rings. The maximum Gasteiger partial charge on any atom is 0.410 e. The minimum atomic E-state index is -0.250. The van der Waals surface area contributed by atoms with E-state index in [0.29, 0.717) is 25.7 Å². The normalized spacial score (nSPS) is 16.1. The number of hydrogen-bond donors (Lipinski definition) is 2. The van der Waals surface area contributed by atoms with Gasteiger partial charge in [-0.05, 0) is 30.4 Å². The summed E-state index contributed by atoms with van der Waals surface area (Å²) in [4.78, 5) is 14.0. The molecule has 1 atom stereocenters. The summed E-state index contributed by atoms with van der Waals surface area (Å²) in [7, 11) is 0. The molecule has 0 spiro atoms. The van der Waals surface area contributed by atoms with E-state index in [1.807, 2.05) is 48.5 Å². The van der Waals surface area contributed by atoms with E-state index >= 15 is 0 Å². The van der Waals surface area contributed by atoms with Crippen molar-refractivity contribution in [3.8, 4) is 0 Å². The fraction of sp³-hybridized carbons (Fsp3) is 0.409. The second-order valence-corrected chi connectivity index (χ2v) is 7.04. The highest BCUT2D eigenvalue weighted by Gasteiger charge is 2.25. The van der Waals surface area contributed by atoms with E-state index in [-0.39, 0.29) is 18.7 Å². The molecule has 1 unspecified atom stereocenters. The Kier molecular flexibility index (Phi) is 7.25. The average molecular weight is 368 g/mol. The number of piperidine rings is 1. The highest BCUT2D eigenvalue weighted by Crippen LogP contribution is 2.14. The molecular weight excluding hydrogens is 340 g/mol. The zero-order valence-electron chi connectivity index (χ0n) is 15.6. The highest BCUT2D eigenvalue weighted by atomic mass is 16.6. The summed E-state index contributed by atoms with van der Waals surface area (Å²) in [5.41, 5.74) is 2.21. The molecule has 3 rings (SSSR count). The fourth-order valence-corrected chi connectivity index (χ4v) is 3.45. The summed E-state index contributed by atoms with van der Waals surface area (Å²) < 4.78 is 5.41. The number of benzene rings is 2. The van der Waals surface area contributed by atoms with Gasteiger partial charge in [-0.25, -0.2) is 4.79 Å². The first-order valence-electron chi connectivity index (χ1n) is 9.61. The van der Waals surface area contributed by atoms with Gasteiger partial charge >= 0.3 is 6.09 Å². The number of nitrogens with zero attached hydrogens (tertiary/aromatic N) is 1. The molecule has 1 saturated heterocycles. The minimum absolute atomic E-state index is 0.0361. The molecule has 1 aliphatic heterocycles. The smallest absolute Gasteiger partial charge is 0.410 e. The van der Waals surface area contributed by atoms with Gasteiger partial charge in [-0.1, -0.05) is 60.7 Å². The number of aliphatic hydroxyl groups excluding tert-OH is 1. The van der Waals surface area contributed by atoms with Gasteiger partial charge in [-0.15, -0.1) is 0 Å². The molecule has 1 amide bonds. The van der Waals surface area contributed by atoms with E-state index in [4.69, 9.17) is 4.74 Å². The van der Waals surface area contributed by atoms with Crippen LogP contribution in [0.1, 0.15) is 24.0 Å². The van der Waals surface area contributed by atoms with Crippen molar-refractivity contribution < 1.29 is 14.6 Å². The second-order valence-electron chi connectivity index (χ2n) is 7.04. The minimum Gasteiger partial charge on any atom is -0.445 e. The van der Waals surface area contributed by atoms with Gasteiger partial charge in [0.1, 0.15) is 6.61 Å². The maximum atomic E-state index is 12.2. The summed E-state index contributed by atoms with van der Waals surface area (Å²) >= 11 is 0. The molecule has 0 saturated carbocycles. The fourth-order valence-electron chi connectivity index (χ4n) is 3.45. The monoisotopic (exact) mass is 368 g/mol. The number of amides is 1. The van der Waals surface area contributed by atoms with Gasteiger partial charge in [-0.3, -0.25) is 0 Å². The second kappa shape index (κ2) is 10.1. The molecular formula is C22H28N2O3. The van der Waals surface area contributed by atoms with E-state index < -0.39 is 0 Å². The Labute approximate surface area is 161 Å². The molecule has 0 aromatic heterocycles. The molecule has 2 N–H and O–H groups in total. The Morgan fingerprint density at radius 3 is 2.22 bits per heavy atom. The van der Waals surface area contributed by atoms with Crippen LogP contribution in [0.25, 0.3) is 0 Å². The van der Waals surface area contributed by atoms with Gasteiger partial charge in [-0.2, -0.15) is 0 Å². The topological polar surface area (TPSA) is 61.8 Å². The van der Waals surface area contributed by atoms with Gasteiger partial charge in [0.05, 0.1) is 6.61 Å². The first-order valence-corrected chi connectivity index (χ1v) is 9.61. The van der Waals surface area contributed by atoms with E-state index in [9.17, 15) is 9.90 Å². The number of carbonyl (C=O) groups excluding carboxylic acids is 1. The summed E-state index contributed by atoms with van der Waals surface area (Å²) in [6.45, 7) is 1.76. The van der Waals surface area contributed by atoms with Gasteiger partial charge < -0.3 is 20.1 Å². The van der Waals surface area contributed by atoms with E-state index in [0.717, 1.165) is 24.8 Å². The predicted octanol–water partition coefficient (Wildman–Crippen LogP) is 2.98. The lowest BCUT2D eigenvalue weighted by Crippen LogP contribution is -2.49. The van der Waals surface area contributed by atoms with Crippen LogP contribution < -0.4 is 5.32 Å². The Bertz CT molecular complexity index is 685. The van der Waals surface area contributed by atoms with Crippen LogP contribution in [0.5, 0.6) is 0 Å². The van der Waals surface area contributed by atoms with Crippen LogP contribution in [-0.4, -0.2) is 47.9 Å². The average Bonchev–Trinajstić information content (AvgIpc) is 2.73. The van der Waals surface area contributed by atoms with Crippen molar-refractivity contribution in [1.82, 2.24) is 10.2 Å². The number of hydrogen-bond acceptors (Lipinski definition) is 4. The van der Waals surface area contributed by atoms with Crippen molar-refractivity contribution >= 4 is 6.09 Å². The van der Waals surface area contributed by atoms with E-state index in [1.54, 1.807) is 4.90 Å². The number of carbonyl (C=O) groups is 1. The van der Waals surface area contributed by atoms with Crippen LogP contribution in [0, 0.1) is 0 Å². The Balaban J connectivity index is 1.40. The van der Waals surface area contributed by atoms with Gasteiger partial charge in [0.2, 0.25) is 0 Å².